The van der Waals surface area contributed by atoms with E-state index in [0.717, 1.165) is 0 Å². The van der Waals surface area contributed by atoms with Crippen LogP contribution in [0.3, 0.4) is 0 Å². The van der Waals surface area contributed by atoms with Crippen molar-refractivity contribution in [1.82, 2.24) is 0 Å². The van der Waals surface area contributed by atoms with E-state index in [-0.39, 0.29) is 22.9 Å². The van der Waals surface area contributed by atoms with E-state index < -0.39 is 0 Å². The van der Waals surface area contributed by atoms with E-state index in [1.54, 1.807) is 6.92 Å². The Bertz CT molecular complexity index is 202. The van der Waals surface area contributed by atoms with Gasteiger partial charge in [0, 0.05) is 11.8 Å². The van der Waals surface area contributed by atoms with Crippen molar-refractivity contribution in [3.8, 4) is 0 Å². The molecule has 2 nitrogen and oxygen atoms in total. The van der Waals surface area contributed by atoms with E-state index in [4.69, 9.17) is 4.74 Å². The number of carbonyl (C=O) groups excluding carboxylic acids is 1. The van der Waals surface area contributed by atoms with Gasteiger partial charge in [-0.2, -0.15) is 0 Å². The van der Waals surface area contributed by atoms with E-state index in [0.29, 0.717) is 6.42 Å². The van der Waals surface area contributed by atoms with Crippen molar-refractivity contribution >= 4 is 5.78 Å². The highest BCUT2D eigenvalue weighted by atomic mass is 16.5. The standard InChI is InChI=1S/C12H24O2/c1-9(2)14-12(6,7)11(4,5)8-10(3)13/h9H,8H2,1-7H3. The number of Topliss-reactive ketones (excluding diaryl/α,β-unsaturated/α-hetero) is 1. The van der Waals surface area contributed by atoms with Gasteiger partial charge >= 0.3 is 0 Å². The predicted molar refractivity (Wildman–Crippen MR) is 59.4 cm³/mol. The predicted octanol–water partition coefficient (Wildman–Crippen LogP) is 3.20. The lowest BCUT2D eigenvalue weighted by Crippen LogP contribution is -2.44. The van der Waals surface area contributed by atoms with Gasteiger partial charge in [-0.1, -0.05) is 13.8 Å². The molecule has 0 aromatic rings. The van der Waals surface area contributed by atoms with Gasteiger partial charge in [0.2, 0.25) is 0 Å². The van der Waals surface area contributed by atoms with Gasteiger partial charge in [-0.05, 0) is 34.6 Å². The second-order valence-corrected chi connectivity index (χ2v) is 5.44. The molecule has 0 N–H and O–H groups in total. The molecular weight excluding hydrogens is 176 g/mol. The van der Waals surface area contributed by atoms with Crippen LogP contribution in [-0.4, -0.2) is 17.5 Å². The average molecular weight is 200 g/mol. The first-order chi connectivity index (χ1) is 6.08. The van der Waals surface area contributed by atoms with Crippen LogP contribution >= 0.6 is 0 Å². The smallest absolute Gasteiger partial charge is 0.130 e. The van der Waals surface area contributed by atoms with Crippen molar-refractivity contribution in [2.45, 2.75) is 66.6 Å². The third kappa shape index (κ3) is 3.79. The zero-order valence-electron chi connectivity index (χ0n) is 10.6. The molecule has 0 saturated heterocycles. The minimum atomic E-state index is -0.271. The largest absolute Gasteiger partial charge is 0.372 e. The Labute approximate surface area is 88.0 Å². The van der Waals surface area contributed by atoms with Gasteiger partial charge in [0.1, 0.15) is 5.78 Å². The van der Waals surface area contributed by atoms with Crippen LogP contribution in [0.2, 0.25) is 0 Å². The van der Waals surface area contributed by atoms with E-state index in [2.05, 4.69) is 27.7 Å². The van der Waals surface area contributed by atoms with Gasteiger partial charge in [0.15, 0.2) is 0 Å². The average Bonchev–Trinajstić information content (AvgIpc) is 1.78. The molecule has 0 aromatic carbocycles. The molecule has 0 aliphatic rings. The number of hydrogen-bond donors (Lipinski definition) is 0. The van der Waals surface area contributed by atoms with Gasteiger partial charge in [-0.25, -0.2) is 0 Å². The van der Waals surface area contributed by atoms with Crippen molar-refractivity contribution in [2.75, 3.05) is 0 Å². The van der Waals surface area contributed by atoms with Crippen LogP contribution < -0.4 is 0 Å². The monoisotopic (exact) mass is 200 g/mol. The van der Waals surface area contributed by atoms with E-state index >= 15 is 0 Å². The second kappa shape index (κ2) is 4.43. The minimum absolute atomic E-state index is 0.122. The highest BCUT2D eigenvalue weighted by Crippen LogP contribution is 2.37. The molecule has 2 heteroatoms. The van der Waals surface area contributed by atoms with Crippen LogP contribution in [0.5, 0.6) is 0 Å². The summed E-state index contributed by atoms with van der Waals surface area (Å²) in [7, 11) is 0. The Morgan fingerprint density at radius 3 is 1.93 bits per heavy atom. The topological polar surface area (TPSA) is 26.3 Å². The molecule has 0 radical (unpaired) electrons. The first-order valence-corrected chi connectivity index (χ1v) is 5.26. The summed E-state index contributed by atoms with van der Waals surface area (Å²) >= 11 is 0. The Morgan fingerprint density at radius 1 is 1.21 bits per heavy atom. The van der Waals surface area contributed by atoms with Crippen LogP contribution in [-0.2, 0) is 9.53 Å². The quantitative estimate of drug-likeness (QED) is 0.681. The zero-order chi connectivity index (χ0) is 11.6. The fraction of sp³-hybridized carbons (Fsp3) is 0.917. The maximum Gasteiger partial charge on any atom is 0.130 e. The summed E-state index contributed by atoms with van der Waals surface area (Å²) in [6, 6.07) is 0. The van der Waals surface area contributed by atoms with Crippen molar-refractivity contribution in [3.05, 3.63) is 0 Å². The molecule has 0 bridgehead atoms. The molecule has 0 fully saturated rings. The molecule has 14 heavy (non-hydrogen) atoms. The summed E-state index contributed by atoms with van der Waals surface area (Å²) < 4.78 is 5.85. The van der Waals surface area contributed by atoms with Crippen molar-refractivity contribution in [2.24, 2.45) is 5.41 Å². The summed E-state index contributed by atoms with van der Waals surface area (Å²) in [6.07, 6.45) is 0.753. The summed E-state index contributed by atoms with van der Waals surface area (Å²) in [5, 5.41) is 0. The highest BCUT2D eigenvalue weighted by Gasteiger charge is 2.39. The molecule has 0 heterocycles. The molecular formula is C12H24O2. The fourth-order valence-corrected chi connectivity index (χ4v) is 1.58. The molecule has 0 aliphatic carbocycles. The Hall–Kier alpha value is -0.370. The third-order valence-corrected chi connectivity index (χ3v) is 2.85. The van der Waals surface area contributed by atoms with Crippen LogP contribution in [0, 0.1) is 5.41 Å². The Kier molecular flexibility index (Phi) is 4.32. The maximum atomic E-state index is 11.1. The van der Waals surface area contributed by atoms with Gasteiger partial charge in [0.25, 0.3) is 0 Å². The normalized spacial score (nSPS) is 13.4. The number of carbonyl (C=O) groups is 1. The summed E-state index contributed by atoms with van der Waals surface area (Å²) in [5.74, 6) is 0.218. The summed E-state index contributed by atoms with van der Waals surface area (Å²) in [6.45, 7) is 13.9. The zero-order valence-corrected chi connectivity index (χ0v) is 10.6. The van der Waals surface area contributed by atoms with Gasteiger partial charge in [0.05, 0.1) is 11.7 Å². The van der Waals surface area contributed by atoms with Gasteiger partial charge in [-0.3, -0.25) is 0 Å². The van der Waals surface area contributed by atoms with Crippen molar-refractivity contribution < 1.29 is 9.53 Å². The van der Waals surface area contributed by atoms with Crippen LogP contribution in [0.15, 0.2) is 0 Å². The maximum absolute atomic E-state index is 11.1. The van der Waals surface area contributed by atoms with Crippen LogP contribution in [0.1, 0.15) is 54.9 Å². The Balaban J connectivity index is 4.59. The van der Waals surface area contributed by atoms with Gasteiger partial charge < -0.3 is 9.53 Å². The molecule has 0 atom stereocenters. The third-order valence-electron chi connectivity index (χ3n) is 2.85. The fourth-order valence-electron chi connectivity index (χ4n) is 1.58. The van der Waals surface area contributed by atoms with E-state index in [1.165, 1.54) is 0 Å². The molecule has 0 amide bonds. The summed E-state index contributed by atoms with van der Waals surface area (Å²) in [4.78, 5) is 11.1. The lowest BCUT2D eigenvalue weighted by Gasteiger charge is -2.42. The molecule has 0 aromatic heterocycles. The highest BCUT2D eigenvalue weighted by molar-refractivity contribution is 5.76. The number of ketones is 1. The summed E-state index contributed by atoms with van der Waals surface area (Å²) in [5.41, 5.74) is -0.393. The first kappa shape index (κ1) is 13.6. The Morgan fingerprint density at radius 2 is 1.64 bits per heavy atom. The SMILES string of the molecule is CC(=O)CC(C)(C)C(C)(C)OC(C)C. The second-order valence-electron chi connectivity index (χ2n) is 5.44. The molecule has 0 aliphatic heterocycles. The molecule has 0 spiro atoms. The van der Waals surface area contributed by atoms with Crippen molar-refractivity contribution in [3.63, 3.8) is 0 Å². The lowest BCUT2D eigenvalue weighted by molar-refractivity contribution is -0.140. The van der Waals surface area contributed by atoms with Gasteiger partial charge in [-0.15, -0.1) is 0 Å². The van der Waals surface area contributed by atoms with E-state index in [1.807, 2.05) is 13.8 Å². The first-order valence-electron chi connectivity index (χ1n) is 5.26. The molecule has 84 valence electrons. The molecule has 0 saturated carbocycles. The van der Waals surface area contributed by atoms with E-state index in [9.17, 15) is 4.79 Å². The van der Waals surface area contributed by atoms with Crippen molar-refractivity contribution in [1.29, 1.82) is 0 Å². The molecule has 0 rings (SSSR count). The number of hydrogen-bond acceptors (Lipinski definition) is 2. The lowest BCUT2D eigenvalue weighted by atomic mass is 9.73. The van der Waals surface area contributed by atoms with Crippen LogP contribution in [0.4, 0.5) is 0 Å². The number of ether oxygens (including phenoxy) is 1. The molecule has 0 unspecified atom stereocenters. The minimum Gasteiger partial charge on any atom is -0.372 e. The van der Waals surface area contributed by atoms with Crippen LogP contribution in [0.25, 0.3) is 0 Å². The number of rotatable bonds is 5.